The SMILES string of the molecule is Cc1ccc(-n2nc(C)c(-c3ccccc3)c2NC(=O)CN(C(=O)c2ccco2)C(C)C)cc1. The molecule has 0 atom stereocenters. The molecule has 0 unspecified atom stereocenters. The molecule has 0 saturated heterocycles. The van der Waals surface area contributed by atoms with Crippen molar-refractivity contribution in [2.75, 3.05) is 11.9 Å². The molecule has 0 saturated carbocycles. The molecule has 0 fully saturated rings. The van der Waals surface area contributed by atoms with Gasteiger partial charge < -0.3 is 14.6 Å². The zero-order valence-corrected chi connectivity index (χ0v) is 19.8. The van der Waals surface area contributed by atoms with Crippen LogP contribution in [0, 0.1) is 13.8 Å². The van der Waals surface area contributed by atoms with Gasteiger partial charge in [0.05, 0.1) is 17.6 Å². The van der Waals surface area contributed by atoms with Gasteiger partial charge in [-0.3, -0.25) is 9.59 Å². The Morgan fingerprint density at radius 1 is 1.00 bits per heavy atom. The summed E-state index contributed by atoms with van der Waals surface area (Å²) in [5.74, 6) is 0.111. The number of amides is 2. The zero-order chi connectivity index (χ0) is 24.2. The van der Waals surface area contributed by atoms with Crippen LogP contribution >= 0.6 is 0 Å². The van der Waals surface area contributed by atoms with E-state index in [-0.39, 0.29) is 30.2 Å². The number of furan rings is 1. The highest BCUT2D eigenvalue weighted by molar-refractivity contribution is 6.00. The summed E-state index contributed by atoms with van der Waals surface area (Å²) in [6.07, 6.45) is 1.45. The van der Waals surface area contributed by atoms with Crippen LogP contribution in [-0.4, -0.2) is 39.1 Å². The van der Waals surface area contributed by atoms with Crippen LogP contribution in [-0.2, 0) is 4.79 Å². The first kappa shape index (κ1) is 23.0. The average Bonchev–Trinajstić information content (AvgIpc) is 3.46. The topological polar surface area (TPSA) is 80.4 Å². The highest BCUT2D eigenvalue weighted by atomic mass is 16.3. The molecule has 174 valence electrons. The number of hydrogen-bond acceptors (Lipinski definition) is 4. The van der Waals surface area contributed by atoms with Gasteiger partial charge in [-0.25, -0.2) is 4.68 Å². The fourth-order valence-electron chi connectivity index (χ4n) is 3.82. The third-order valence-corrected chi connectivity index (χ3v) is 5.59. The Balaban J connectivity index is 1.70. The standard InChI is InChI=1S/C27H28N4O3/c1-18(2)30(27(33)23-11-8-16-34-23)17-24(32)28-26-25(21-9-6-5-7-10-21)20(4)29-31(26)22-14-12-19(3)13-15-22/h5-16,18H,17H2,1-4H3,(H,28,32). The van der Waals surface area contributed by atoms with Gasteiger partial charge in [-0.2, -0.15) is 5.10 Å². The lowest BCUT2D eigenvalue weighted by atomic mass is 10.1. The number of nitrogens with one attached hydrogen (secondary N) is 1. The van der Waals surface area contributed by atoms with E-state index in [0.29, 0.717) is 5.82 Å². The monoisotopic (exact) mass is 456 g/mol. The lowest BCUT2D eigenvalue weighted by molar-refractivity contribution is -0.117. The van der Waals surface area contributed by atoms with E-state index in [1.165, 1.54) is 11.2 Å². The van der Waals surface area contributed by atoms with Gasteiger partial charge in [0.2, 0.25) is 5.91 Å². The molecule has 0 spiro atoms. The van der Waals surface area contributed by atoms with Crippen molar-refractivity contribution in [3.63, 3.8) is 0 Å². The number of benzene rings is 2. The van der Waals surface area contributed by atoms with E-state index in [1.807, 2.05) is 82.3 Å². The number of aromatic nitrogens is 2. The van der Waals surface area contributed by atoms with Crippen molar-refractivity contribution in [1.29, 1.82) is 0 Å². The quantitative estimate of drug-likeness (QED) is 0.412. The summed E-state index contributed by atoms with van der Waals surface area (Å²) in [6.45, 7) is 7.55. The molecule has 1 N–H and O–H groups in total. The molecule has 2 heterocycles. The first-order valence-corrected chi connectivity index (χ1v) is 11.2. The lowest BCUT2D eigenvalue weighted by Crippen LogP contribution is -2.42. The molecule has 7 nitrogen and oxygen atoms in total. The van der Waals surface area contributed by atoms with Crippen molar-refractivity contribution in [3.8, 4) is 16.8 Å². The summed E-state index contributed by atoms with van der Waals surface area (Å²) >= 11 is 0. The van der Waals surface area contributed by atoms with Crippen LogP contribution in [0.3, 0.4) is 0 Å². The van der Waals surface area contributed by atoms with E-state index in [4.69, 9.17) is 9.52 Å². The zero-order valence-electron chi connectivity index (χ0n) is 19.8. The Bertz CT molecular complexity index is 1270. The summed E-state index contributed by atoms with van der Waals surface area (Å²) < 4.78 is 7.00. The number of carbonyl (C=O) groups excluding carboxylic acids is 2. The summed E-state index contributed by atoms with van der Waals surface area (Å²) in [7, 11) is 0. The number of rotatable bonds is 7. The van der Waals surface area contributed by atoms with Crippen molar-refractivity contribution in [1.82, 2.24) is 14.7 Å². The Labute approximate surface area is 199 Å². The molecule has 4 aromatic rings. The molecular formula is C27H28N4O3. The third kappa shape index (κ3) is 4.78. The first-order valence-electron chi connectivity index (χ1n) is 11.2. The number of hydrogen-bond donors (Lipinski definition) is 1. The summed E-state index contributed by atoms with van der Waals surface area (Å²) in [6, 6.07) is 20.8. The van der Waals surface area contributed by atoms with Gasteiger partial charge in [0.1, 0.15) is 12.4 Å². The maximum Gasteiger partial charge on any atom is 0.290 e. The molecule has 2 aromatic heterocycles. The van der Waals surface area contributed by atoms with Gasteiger partial charge in [-0.15, -0.1) is 0 Å². The van der Waals surface area contributed by atoms with Crippen LogP contribution < -0.4 is 5.32 Å². The smallest absolute Gasteiger partial charge is 0.290 e. The van der Waals surface area contributed by atoms with Gasteiger partial charge in [-0.1, -0.05) is 48.0 Å². The molecule has 2 aromatic carbocycles. The Kier molecular flexibility index (Phi) is 6.63. The van der Waals surface area contributed by atoms with Crippen molar-refractivity contribution in [2.24, 2.45) is 0 Å². The largest absolute Gasteiger partial charge is 0.459 e. The number of carbonyl (C=O) groups is 2. The Morgan fingerprint density at radius 2 is 1.71 bits per heavy atom. The fraction of sp³-hybridized carbons (Fsp3) is 0.222. The van der Waals surface area contributed by atoms with E-state index < -0.39 is 0 Å². The molecule has 0 radical (unpaired) electrons. The van der Waals surface area contributed by atoms with E-state index in [1.54, 1.807) is 16.8 Å². The van der Waals surface area contributed by atoms with Crippen LogP contribution in [0.1, 0.15) is 35.7 Å². The van der Waals surface area contributed by atoms with Gasteiger partial charge in [0.15, 0.2) is 5.76 Å². The highest BCUT2D eigenvalue weighted by Gasteiger charge is 2.26. The first-order chi connectivity index (χ1) is 16.3. The van der Waals surface area contributed by atoms with Gasteiger partial charge in [0.25, 0.3) is 5.91 Å². The minimum absolute atomic E-state index is 0.121. The second-order valence-corrected chi connectivity index (χ2v) is 8.47. The van der Waals surface area contributed by atoms with Crippen LogP contribution in [0.4, 0.5) is 5.82 Å². The summed E-state index contributed by atoms with van der Waals surface area (Å²) in [5.41, 5.74) is 4.53. The molecule has 0 aliphatic rings. The number of aryl methyl sites for hydroxylation is 2. The van der Waals surface area contributed by atoms with E-state index >= 15 is 0 Å². The number of nitrogens with zero attached hydrogens (tertiary/aromatic N) is 3. The van der Waals surface area contributed by atoms with E-state index in [0.717, 1.165) is 28.1 Å². The van der Waals surface area contributed by atoms with E-state index in [9.17, 15) is 9.59 Å². The lowest BCUT2D eigenvalue weighted by Gasteiger charge is -2.25. The van der Waals surface area contributed by atoms with E-state index in [2.05, 4.69) is 5.32 Å². The van der Waals surface area contributed by atoms with Crippen molar-refractivity contribution >= 4 is 17.6 Å². The predicted molar refractivity (Wildman–Crippen MR) is 132 cm³/mol. The van der Waals surface area contributed by atoms with Gasteiger partial charge in [-0.05, 0) is 57.5 Å². The minimum atomic E-state index is -0.332. The molecule has 0 aliphatic heterocycles. The Hall–Kier alpha value is -4.13. The minimum Gasteiger partial charge on any atom is -0.459 e. The fourth-order valence-corrected chi connectivity index (χ4v) is 3.82. The third-order valence-electron chi connectivity index (χ3n) is 5.59. The predicted octanol–water partition coefficient (Wildman–Crippen LogP) is 5.24. The van der Waals surface area contributed by atoms with Gasteiger partial charge >= 0.3 is 0 Å². The molecule has 4 rings (SSSR count). The highest BCUT2D eigenvalue weighted by Crippen LogP contribution is 2.33. The van der Waals surface area contributed by atoms with Crippen LogP contribution in [0.5, 0.6) is 0 Å². The normalized spacial score (nSPS) is 11.0. The Morgan fingerprint density at radius 3 is 2.32 bits per heavy atom. The maximum absolute atomic E-state index is 13.3. The second-order valence-electron chi connectivity index (χ2n) is 8.47. The van der Waals surface area contributed by atoms with Crippen molar-refractivity contribution < 1.29 is 14.0 Å². The molecular weight excluding hydrogens is 428 g/mol. The molecule has 7 heteroatoms. The van der Waals surface area contributed by atoms with Crippen molar-refractivity contribution in [3.05, 3.63) is 90.0 Å². The van der Waals surface area contributed by atoms with Crippen LogP contribution in [0.25, 0.3) is 16.8 Å². The van der Waals surface area contributed by atoms with Crippen molar-refractivity contribution in [2.45, 2.75) is 33.7 Å². The molecule has 0 aliphatic carbocycles. The molecule has 0 bridgehead atoms. The average molecular weight is 457 g/mol. The number of anilines is 1. The summed E-state index contributed by atoms with van der Waals surface area (Å²) in [4.78, 5) is 27.6. The summed E-state index contributed by atoms with van der Waals surface area (Å²) in [5, 5.41) is 7.77. The van der Waals surface area contributed by atoms with Gasteiger partial charge in [0, 0.05) is 11.6 Å². The van der Waals surface area contributed by atoms with Crippen LogP contribution in [0.2, 0.25) is 0 Å². The van der Waals surface area contributed by atoms with Crippen LogP contribution in [0.15, 0.2) is 77.4 Å². The second kappa shape index (κ2) is 9.79. The maximum atomic E-state index is 13.3. The molecule has 2 amide bonds. The molecule has 34 heavy (non-hydrogen) atoms.